The van der Waals surface area contributed by atoms with Crippen molar-refractivity contribution in [3.05, 3.63) is 23.8 Å². The van der Waals surface area contributed by atoms with E-state index in [0.717, 1.165) is 182 Å². The van der Waals surface area contributed by atoms with E-state index in [1.165, 1.54) is 173 Å². The van der Waals surface area contributed by atoms with E-state index >= 15 is 0 Å². The third-order valence-electron chi connectivity index (χ3n) is 32.7. The quantitative estimate of drug-likeness (QED) is 0.143. The maximum atomic E-state index is 10.00. The maximum absolute atomic E-state index is 10.00. The average Bonchev–Trinajstić information content (AvgIpc) is 3.27. The summed E-state index contributed by atoms with van der Waals surface area (Å²) in [6.07, 6.45) is 49.4. The molecule has 4 N–H and O–H groups in total. The summed E-state index contributed by atoms with van der Waals surface area (Å²) in [6, 6.07) is 0. The molecule has 1 saturated heterocycles. The highest BCUT2D eigenvalue weighted by Gasteiger charge is 2.69. The number of fused-ring (bicyclic) bond motifs is 17. The molecule has 81 heavy (non-hydrogen) atoms. The summed E-state index contributed by atoms with van der Waals surface area (Å²) >= 11 is 0. The molecule has 1 heterocycles. The van der Waals surface area contributed by atoms with Gasteiger partial charge in [-0.1, -0.05) is 58.4 Å². The minimum atomic E-state index is 0.00581. The molecule has 5 heteroatoms. The molecule has 16 fully saturated rings. The van der Waals surface area contributed by atoms with Crippen LogP contribution in [-0.2, 0) is 4.74 Å². The zero-order valence-corrected chi connectivity index (χ0v) is 52.9. The lowest BCUT2D eigenvalue weighted by Gasteiger charge is -2.54. The van der Waals surface area contributed by atoms with Gasteiger partial charge in [0.1, 0.15) is 0 Å². The van der Waals surface area contributed by atoms with Crippen molar-refractivity contribution in [3.63, 3.8) is 0 Å². The molecule has 5 nitrogen and oxygen atoms in total. The Hall–Kier alpha value is -0.720. The fourth-order valence-corrected chi connectivity index (χ4v) is 27.2. The Morgan fingerprint density at radius 3 is 1.33 bits per heavy atom. The zero-order valence-electron chi connectivity index (χ0n) is 52.9. The molecule has 0 aromatic carbocycles. The van der Waals surface area contributed by atoms with Crippen molar-refractivity contribution in [1.82, 2.24) is 0 Å². The van der Waals surface area contributed by atoms with Crippen LogP contribution in [0.3, 0.4) is 0 Å². The Morgan fingerprint density at radius 1 is 0.407 bits per heavy atom. The van der Waals surface area contributed by atoms with Crippen molar-refractivity contribution in [1.29, 1.82) is 0 Å². The normalized spacial score (nSPS) is 57.6. The van der Waals surface area contributed by atoms with Gasteiger partial charge in [0.05, 0.1) is 36.6 Å². The molecule has 17 rings (SSSR count). The van der Waals surface area contributed by atoms with Gasteiger partial charge in [0.25, 0.3) is 0 Å². The molecular formula is C76H122O5. The first kappa shape index (κ1) is 58.0. The van der Waals surface area contributed by atoms with Gasteiger partial charge in [-0.15, -0.1) is 0 Å². The number of rotatable bonds is 0. The van der Waals surface area contributed by atoms with Crippen molar-refractivity contribution in [2.75, 3.05) is 6.61 Å². The van der Waals surface area contributed by atoms with E-state index in [-0.39, 0.29) is 24.4 Å². The molecule has 0 aromatic rings. The Bertz CT molecular complexity index is 2240. The first-order chi connectivity index (χ1) is 38.8. The molecule has 16 aliphatic carbocycles. The van der Waals surface area contributed by atoms with Gasteiger partial charge in [0.2, 0.25) is 0 Å². The third kappa shape index (κ3) is 10.1. The molecule has 456 valence electrons. The van der Waals surface area contributed by atoms with Gasteiger partial charge in [-0.05, 0) is 372 Å². The summed E-state index contributed by atoms with van der Waals surface area (Å²) < 4.78 is 6.00. The van der Waals surface area contributed by atoms with Crippen LogP contribution < -0.4 is 0 Å². The molecular weight excluding hydrogens is 993 g/mol. The second kappa shape index (κ2) is 22.1. The Morgan fingerprint density at radius 2 is 0.840 bits per heavy atom. The number of allylic oxidation sites excluding steroid dienone is 3. The molecule has 0 amide bonds. The lowest BCUT2D eigenvalue weighted by Crippen LogP contribution is -2.49. The fourth-order valence-electron chi connectivity index (χ4n) is 27.2. The van der Waals surface area contributed by atoms with E-state index in [9.17, 15) is 20.4 Å². The Labute approximate surface area is 495 Å². The van der Waals surface area contributed by atoms with Crippen LogP contribution in [-0.4, -0.2) is 57.0 Å². The lowest BCUT2D eigenvalue weighted by molar-refractivity contribution is -0.0661. The number of epoxide rings is 1. The van der Waals surface area contributed by atoms with Crippen LogP contribution in [0.4, 0.5) is 0 Å². The molecule has 0 radical (unpaired) electrons. The SMILES string of the molecule is C=C1CC[C@H]2[C@@H]3C[C@@H]4CC[C@H](O)C[C@H]4C[C@H]3CC[C@]12C.CC1=CC[C@H]2[C@@H]3C[C@@H]4CC[C@H](O)C[C@H]4C[C@H]3CC[C@]12C.C[C@H]1CC[C@H]2[C@@H]3C[C@@H]4CC[C@H](O)C[C@H]4C[C@H]3CC[C@]12C.C[C@]12CC[C@@H]3C[C@@H]4C[C@@H](O)CC[C@H]4C[C@H]3[C@@H]1CC[C@@]21CO1. The van der Waals surface area contributed by atoms with Crippen LogP contribution in [0, 0.1) is 146 Å². The number of hydrogen-bond acceptors (Lipinski definition) is 5. The van der Waals surface area contributed by atoms with Crippen LogP contribution in [0.15, 0.2) is 23.8 Å². The van der Waals surface area contributed by atoms with Crippen LogP contribution in [0.25, 0.3) is 0 Å². The van der Waals surface area contributed by atoms with E-state index in [0.29, 0.717) is 27.3 Å². The monoisotopic (exact) mass is 1110 g/mol. The molecule has 1 spiro atoms. The summed E-state index contributed by atoms with van der Waals surface area (Å²) in [5.41, 5.74) is 5.72. The Kier molecular flexibility index (Phi) is 15.8. The Balaban J connectivity index is 0.0000000970. The summed E-state index contributed by atoms with van der Waals surface area (Å²) in [5.74, 6) is 19.8. The second-order valence-corrected chi connectivity index (χ2v) is 35.4. The van der Waals surface area contributed by atoms with E-state index in [1.807, 2.05) is 0 Å². The maximum Gasteiger partial charge on any atom is 0.0972 e. The minimum absolute atomic E-state index is 0.00581. The zero-order chi connectivity index (χ0) is 56.0. The highest BCUT2D eigenvalue weighted by atomic mass is 16.6. The summed E-state index contributed by atoms with van der Waals surface area (Å²) in [5, 5.41) is 39.9. The molecule has 15 saturated carbocycles. The summed E-state index contributed by atoms with van der Waals surface area (Å²) in [7, 11) is 0. The number of ether oxygens (including phenoxy) is 1. The smallest absolute Gasteiger partial charge is 0.0972 e. The summed E-state index contributed by atoms with van der Waals surface area (Å²) in [4.78, 5) is 0. The molecule has 1 aliphatic heterocycles. The van der Waals surface area contributed by atoms with Crippen molar-refractivity contribution in [3.8, 4) is 0 Å². The second-order valence-electron chi connectivity index (χ2n) is 35.4. The fraction of sp³-hybridized carbons (Fsp3) is 0.947. The van der Waals surface area contributed by atoms with E-state index in [2.05, 4.69) is 54.2 Å². The van der Waals surface area contributed by atoms with Gasteiger partial charge in [0, 0.05) is 5.41 Å². The van der Waals surface area contributed by atoms with Gasteiger partial charge in [-0.2, -0.15) is 0 Å². The standard InChI is InChI=1S/C19H30O2.C19H32O.2C19H30O/c1-18-6-4-13-8-14-9-15(20)3-2-12(14)10-16(13)17(18)5-7-19(18)11-21-19;3*1-12-3-6-18-17-11-13-4-5-16(20)10-15(13)9-14(17)7-8-19(12,18)2/h12-17,20H,2-11H2,1H3;12-18,20H,3-11H2,1-2H3;3,13-18,20H,4-11H2,1-2H3;13-18,20H,1,3-11H2,2H3/t12-,13+,14+,15-,16+,17-,18-,19+;12-,13-,14+,15+,16-,17+,18-,19+;2*13-,14+,15+,16-,17+,18-,19+/m0000/s1. The molecule has 0 bridgehead atoms. The molecule has 0 unspecified atom stereocenters. The van der Waals surface area contributed by atoms with Crippen molar-refractivity contribution >= 4 is 0 Å². The largest absolute Gasteiger partial charge is 0.393 e. The van der Waals surface area contributed by atoms with Crippen molar-refractivity contribution < 1.29 is 25.2 Å². The van der Waals surface area contributed by atoms with Crippen LogP contribution in [0.2, 0.25) is 0 Å². The average molecular weight is 1120 g/mol. The predicted molar refractivity (Wildman–Crippen MR) is 329 cm³/mol. The highest BCUT2D eigenvalue weighted by molar-refractivity contribution is 5.24. The molecule has 17 aliphatic rings. The highest BCUT2D eigenvalue weighted by Crippen LogP contribution is 2.70. The predicted octanol–water partition coefficient (Wildman–Crippen LogP) is 17.5. The van der Waals surface area contributed by atoms with Crippen LogP contribution in [0.1, 0.15) is 266 Å². The van der Waals surface area contributed by atoms with E-state index in [1.54, 1.807) is 11.1 Å². The van der Waals surface area contributed by atoms with Gasteiger partial charge >= 0.3 is 0 Å². The van der Waals surface area contributed by atoms with E-state index in [4.69, 9.17) is 4.74 Å². The van der Waals surface area contributed by atoms with E-state index < -0.39 is 0 Å². The van der Waals surface area contributed by atoms with Crippen LogP contribution >= 0.6 is 0 Å². The van der Waals surface area contributed by atoms with Gasteiger partial charge in [-0.25, -0.2) is 0 Å². The first-order valence-electron chi connectivity index (χ1n) is 36.6. The van der Waals surface area contributed by atoms with Crippen molar-refractivity contribution in [2.24, 2.45) is 146 Å². The number of hydrogen-bond donors (Lipinski definition) is 4. The third-order valence-corrected chi connectivity index (χ3v) is 32.7. The molecule has 30 atom stereocenters. The number of aliphatic hydroxyl groups is 4. The van der Waals surface area contributed by atoms with Gasteiger partial charge in [0.15, 0.2) is 0 Å². The van der Waals surface area contributed by atoms with Crippen molar-refractivity contribution in [2.45, 2.75) is 296 Å². The minimum Gasteiger partial charge on any atom is -0.393 e. The van der Waals surface area contributed by atoms with Gasteiger partial charge in [-0.3, -0.25) is 0 Å². The first-order valence-corrected chi connectivity index (χ1v) is 36.6. The summed E-state index contributed by atoms with van der Waals surface area (Å²) in [6.45, 7) is 20.6. The topological polar surface area (TPSA) is 93.5 Å². The van der Waals surface area contributed by atoms with Gasteiger partial charge < -0.3 is 25.2 Å². The van der Waals surface area contributed by atoms with Crippen LogP contribution in [0.5, 0.6) is 0 Å². The number of aliphatic hydroxyl groups excluding tert-OH is 4. The molecule has 0 aromatic heterocycles. The lowest BCUT2D eigenvalue weighted by atomic mass is 9.51.